The number of benzene rings is 1. The number of nitrogens with zero attached hydrogens (tertiary/aromatic N) is 1. The Balaban J connectivity index is 1.63. The van der Waals surface area contributed by atoms with Crippen molar-refractivity contribution >= 4 is 11.8 Å². The van der Waals surface area contributed by atoms with Crippen molar-refractivity contribution in [3.63, 3.8) is 0 Å². The van der Waals surface area contributed by atoms with Crippen molar-refractivity contribution in [3.05, 3.63) is 29.8 Å². The maximum Gasteiger partial charge on any atom is 0.0564 e. The first-order chi connectivity index (χ1) is 10.2. The van der Waals surface area contributed by atoms with Gasteiger partial charge in [0.05, 0.1) is 6.10 Å². The summed E-state index contributed by atoms with van der Waals surface area (Å²) < 4.78 is 0. The number of aliphatic hydroxyl groups is 1. The van der Waals surface area contributed by atoms with Gasteiger partial charge in [0, 0.05) is 24.0 Å². The summed E-state index contributed by atoms with van der Waals surface area (Å²) in [4.78, 5) is 3.78. The van der Waals surface area contributed by atoms with E-state index in [-0.39, 0.29) is 6.10 Å². The van der Waals surface area contributed by atoms with Gasteiger partial charge in [0.2, 0.25) is 0 Å². The van der Waals surface area contributed by atoms with Crippen LogP contribution in [0, 0.1) is 0 Å². The third-order valence-electron chi connectivity index (χ3n) is 4.27. The smallest absolute Gasteiger partial charge is 0.0564 e. The van der Waals surface area contributed by atoms with Crippen molar-refractivity contribution in [2.45, 2.75) is 43.2 Å². The molecule has 2 N–H and O–H groups in total. The van der Waals surface area contributed by atoms with Crippen LogP contribution in [0.4, 0.5) is 0 Å². The van der Waals surface area contributed by atoms with Crippen LogP contribution in [0.5, 0.6) is 0 Å². The van der Waals surface area contributed by atoms with Crippen molar-refractivity contribution in [1.82, 2.24) is 10.2 Å². The second-order valence-electron chi connectivity index (χ2n) is 5.88. The van der Waals surface area contributed by atoms with Gasteiger partial charge in [-0.05, 0) is 63.2 Å². The number of rotatable bonds is 7. The zero-order valence-corrected chi connectivity index (χ0v) is 14.0. The van der Waals surface area contributed by atoms with Gasteiger partial charge < -0.3 is 15.3 Å². The molecule has 0 amide bonds. The van der Waals surface area contributed by atoms with Gasteiger partial charge in [-0.15, -0.1) is 11.8 Å². The molecule has 1 atom stereocenters. The van der Waals surface area contributed by atoms with Crippen molar-refractivity contribution in [3.8, 4) is 0 Å². The summed E-state index contributed by atoms with van der Waals surface area (Å²) in [6.07, 6.45) is 5.08. The van der Waals surface area contributed by atoms with E-state index < -0.39 is 0 Å². The zero-order valence-electron chi connectivity index (χ0n) is 13.2. The minimum absolute atomic E-state index is 0.0661. The second-order valence-corrected chi connectivity index (χ2v) is 6.75. The number of piperidine rings is 1. The van der Waals surface area contributed by atoms with Gasteiger partial charge in [-0.2, -0.15) is 0 Å². The van der Waals surface area contributed by atoms with Crippen LogP contribution in [-0.2, 0) is 0 Å². The van der Waals surface area contributed by atoms with Crippen LogP contribution in [0.1, 0.15) is 37.8 Å². The summed E-state index contributed by atoms with van der Waals surface area (Å²) >= 11 is 1.78. The van der Waals surface area contributed by atoms with E-state index in [1.165, 1.54) is 16.9 Å². The highest BCUT2D eigenvalue weighted by Crippen LogP contribution is 2.18. The molecule has 21 heavy (non-hydrogen) atoms. The summed E-state index contributed by atoms with van der Waals surface area (Å²) in [5, 5.41) is 13.1. The van der Waals surface area contributed by atoms with Gasteiger partial charge in [-0.3, -0.25) is 0 Å². The fourth-order valence-corrected chi connectivity index (χ4v) is 3.18. The third-order valence-corrected chi connectivity index (χ3v) is 5.02. The zero-order chi connectivity index (χ0) is 15.1. The summed E-state index contributed by atoms with van der Waals surface area (Å²) in [5.74, 6) is 0. The molecular weight excluding hydrogens is 280 g/mol. The number of thioether (sulfide) groups is 1. The van der Waals surface area contributed by atoms with E-state index in [0.717, 1.165) is 39.0 Å². The fraction of sp³-hybridized carbons (Fsp3) is 0.647. The molecule has 1 saturated heterocycles. The molecule has 1 fully saturated rings. The predicted molar refractivity (Wildman–Crippen MR) is 90.9 cm³/mol. The van der Waals surface area contributed by atoms with Crippen molar-refractivity contribution in [2.24, 2.45) is 0 Å². The molecule has 1 unspecified atom stereocenters. The summed E-state index contributed by atoms with van der Waals surface area (Å²) in [6.45, 7) is 6.51. The molecule has 0 aromatic heterocycles. The molecule has 0 saturated carbocycles. The van der Waals surface area contributed by atoms with Crippen molar-refractivity contribution in [1.29, 1.82) is 0 Å². The van der Waals surface area contributed by atoms with E-state index in [4.69, 9.17) is 0 Å². The number of hydrogen-bond donors (Lipinski definition) is 2. The quantitative estimate of drug-likeness (QED) is 0.600. The van der Waals surface area contributed by atoms with E-state index in [1.54, 1.807) is 11.8 Å². The lowest BCUT2D eigenvalue weighted by Crippen LogP contribution is -2.37. The van der Waals surface area contributed by atoms with Crippen LogP contribution in [0.15, 0.2) is 29.2 Å². The highest BCUT2D eigenvalue weighted by molar-refractivity contribution is 7.98. The third kappa shape index (κ3) is 5.62. The second kappa shape index (κ2) is 8.79. The number of nitrogens with one attached hydrogen (secondary N) is 1. The Labute approximate surface area is 133 Å². The SMILES string of the molecule is CSc1ccc(C(C)NCCCN2CCC(O)CC2)cc1. The Morgan fingerprint density at radius 1 is 1.29 bits per heavy atom. The Bertz CT molecular complexity index is 402. The molecule has 4 heteroatoms. The normalized spacial score (nSPS) is 18.8. The number of hydrogen-bond acceptors (Lipinski definition) is 4. The molecule has 0 spiro atoms. The topological polar surface area (TPSA) is 35.5 Å². The van der Waals surface area contributed by atoms with Gasteiger partial charge in [-0.1, -0.05) is 12.1 Å². The lowest BCUT2D eigenvalue weighted by atomic mass is 10.1. The predicted octanol–water partition coefficient (Wildman–Crippen LogP) is 2.91. The molecule has 1 aliphatic rings. The van der Waals surface area contributed by atoms with E-state index >= 15 is 0 Å². The Morgan fingerprint density at radius 3 is 2.57 bits per heavy atom. The fourth-order valence-electron chi connectivity index (χ4n) is 2.77. The van der Waals surface area contributed by atoms with E-state index in [1.807, 2.05) is 0 Å². The van der Waals surface area contributed by atoms with Crippen molar-refractivity contribution < 1.29 is 5.11 Å². The van der Waals surface area contributed by atoms with Crippen LogP contribution < -0.4 is 5.32 Å². The number of likely N-dealkylation sites (tertiary alicyclic amines) is 1. The molecular formula is C17H28N2OS. The highest BCUT2D eigenvalue weighted by Gasteiger charge is 2.16. The number of aliphatic hydroxyl groups excluding tert-OH is 1. The lowest BCUT2D eigenvalue weighted by Gasteiger charge is -2.29. The largest absolute Gasteiger partial charge is 0.393 e. The lowest BCUT2D eigenvalue weighted by molar-refractivity contribution is 0.0820. The molecule has 0 aliphatic carbocycles. The van der Waals surface area contributed by atoms with E-state index in [9.17, 15) is 5.11 Å². The summed E-state index contributed by atoms with van der Waals surface area (Å²) in [7, 11) is 0. The van der Waals surface area contributed by atoms with Gasteiger partial charge in [0.1, 0.15) is 0 Å². The monoisotopic (exact) mass is 308 g/mol. The van der Waals surface area contributed by atoms with E-state index in [0.29, 0.717) is 6.04 Å². The van der Waals surface area contributed by atoms with Crippen LogP contribution >= 0.6 is 11.8 Å². The van der Waals surface area contributed by atoms with Crippen LogP contribution in [-0.4, -0.2) is 48.5 Å². The molecule has 0 bridgehead atoms. The van der Waals surface area contributed by atoms with Crippen LogP contribution in [0.25, 0.3) is 0 Å². The standard InChI is InChI=1S/C17H28N2OS/c1-14(15-4-6-17(21-2)7-5-15)18-10-3-11-19-12-8-16(20)9-13-19/h4-7,14,16,18,20H,3,8-13H2,1-2H3. The Hall–Kier alpha value is -0.550. The first kappa shape index (κ1) is 16.8. The molecule has 1 aliphatic heterocycles. The summed E-state index contributed by atoms with van der Waals surface area (Å²) in [6, 6.07) is 9.23. The molecule has 1 aromatic rings. The van der Waals surface area contributed by atoms with Crippen molar-refractivity contribution in [2.75, 3.05) is 32.4 Å². The maximum atomic E-state index is 9.49. The Kier molecular flexibility index (Phi) is 7.04. The minimum atomic E-state index is -0.0661. The van der Waals surface area contributed by atoms with E-state index in [2.05, 4.69) is 47.7 Å². The average molecular weight is 308 g/mol. The molecule has 1 aromatic carbocycles. The average Bonchev–Trinajstić information content (AvgIpc) is 2.53. The van der Waals surface area contributed by atoms with Gasteiger partial charge in [-0.25, -0.2) is 0 Å². The van der Waals surface area contributed by atoms with Gasteiger partial charge >= 0.3 is 0 Å². The maximum absolute atomic E-state index is 9.49. The molecule has 1 heterocycles. The van der Waals surface area contributed by atoms with Crippen LogP contribution in [0.3, 0.4) is 0 Å². The van der Waals surface area contributed by atoms with Crippen LogP contribution in [0.2, 0.25) is 0 Å². The molecule has 118 valence electrons. The molecule has 2 rings (SSSR count). The minimum Gasteiger partial charge on any atom is -0.393 e. The van der Waals surface area contributed by atoms with Gasteiger partial charge in [0.15, 0.2) is 0 Å². The first-order valence-corrected chi connectivity index (χ1v) is 9.19. The molecule has 3 nitrogen and oxygen atoms in total. The van der Waals surface area contributed by atoms with Gasteiger partial charge in [0.25, 0.3) is 0 Å². The highest BCUT2D eigenvalue weighted by atomic mass is 32.2. The first-order valence-electron chi connectivity index (χ1n) is 7.97. The molecule has 0 radical (unpaired) electrons. The summed E-state index contributed by atoms with van der Waals surface area (Å²) in [5.41, 5.74) is 1.36. The Morgan fingerprint density at radius 2 is 1.95 bits per heavy atom.